The van der Waals surface area contributed by atoms with E-state index < -0.39 is 0 Å². The van der Waals surface area contributed by atoms with Gasteiger partial charge in [-0.15, -0.1) is 0 Å². The van der Waals surface area contributed by atoms with Crippen molar-refractivity contribution in [2.45, 2.75) is 0 Å². The molecule has 5 nitrogen and oxygen atoms in total. The molecule has 0 saturated heterocycles. The van der Waals surface area contributed by atoms with Gasteiger partial charge in [-0.2, -0.15) is 24.4 Å². The Morgan fingerprint density at radius 3 is 2.18 bits per heavy atom. The highest BCUT2D eigenvalue weighted by Gasteiger charge is 2.02. The van der Waals surface area contributed by atoms with Crippen LogP contribution in [0.15, 0.2) is 0 Å². The van der Waals surface area contributed by atoms with Crippen molar-refractivity contribution in [2.24, 2.45) is 0 Å². The maximum Gasteiger partial charge on any atom is 0.230 e. The molecule has 2 amide bonds. The lowest BCUT2D eigenvalue weighted by Gasteiger charge is -2.16. The molecule has 0 unspecified atom stereocenters. The average Bonchev–Trinajstić information content (AvgIpc) is 2.29. The van der Waals surface area contributed by atoms with Crippen molar-refractivity contribution in [1.82, 2.24) is 15.5 Å². The van der Waals surface area contributed by atoms with E-state index in [0.29, 0.717) is 18.8 Å². The Labute approximate surface area is 112 Å². The highest BCUT2D eigenvalue weighted by Crippen LogP contribution is 1.89. The van der Waals surface area contributed by atoms with Crippen molar-refractivity contribution in [3.05, 3.63) is 0 Å². The number of likely N-dealkylation sites (N-methyl/N-ethyl adjacent to an activating group) is 1. The maximum absolute atomic E-state index is 11.2. The Kier molecular flexibility index (Phi) is 10.5. The Morgan fingerprint density at radius 1 is 1.18 bits per heavy atom. The molecular formula is C10H21N3O2S2. The first-order valence-electron chi connectivity index (χ1n) is 5.42. The van der Waals surface area contributed by atoms with Gasteiger partial charge in [0.15, 0.2) is 0 Å². The fraction of sp³-hybridized carbons (Fsp3) is 0.800. The minimum Gasteiger partial charge on any atom is -0.354 e. The summed E-state index contributed by atoms with van der Waals surface area (Å²) >= 11 is 5.37. The molecule has 0 rings (SSSR count). The van der Waals surface area contributed by atoms with Gasteiger partial charge in [-0.05, 0) is 13.3 Å². The fourth-order valence-corrected chi connectivity index (χ4v) is 1.60. The molecule has 0 heterocycles. The van der Waals surface area contributed by atoms with Crippen LogP contribution in [0, 0.1) is 0 Å². The monoisotopic (exact) mass is 279 g/mol. The second-order valence-corrected chi connectivity index (χ2v) is 4.78. The smallest absolute Gasteiger partial charge is 0.230 e. The maximum atomic E-state index is 11.2. The Bertz CT molecular complexity index is 240. The van der Waals surface area contributed by atoms with Crippen LogP contribution in [0.25, 0.3) is 0 Å². The molecule has 100 valence electrons. The third-order valence-corrected chi connectivity index (χ3v) is 2.89. The summed E-state index contributed by atoms with van der Waals surface area (Å²) < 4.78 is 0. The third-order valence-electron chi connectivity index (χ3n) is 2.05. The van der Waals surface area contributed by atoms with Gasteiger partial charge < -0.3 is 15.5 Å². The first kappa shape index (κ1) is 16.6. The molecule has 0 atom stereocenters. The van der Waals surface area contributed by atoms with Crippen molar-refractivity contribution in [1.29, 1.82) is 0 Å². The summed E-state index contributed by atoms with van der Waals surface area (Å²) in [6, 6.07) is 0. The molecule has 17 heavy (non-hydrogen) atoms. The summed E-state index contributed by atoms with van der Waals surface area (Å²) in [5.74, 6) is 0.722. The average molecular weight is 279 g/mol. The second kappa shape index (κ2) is 10.7. The highest BCUT2D eigenvalue weighted by molar-refractivity contribution is 7.99. The lowest BCUT2D eigenvalue weighted by Crippen LogP contribution is -2.38. The molecule has 0 aromatic heterocycles. The van der Waals surface area contributed by atoms with E-state index >= 15 is 0 Å². The van der Waals surface area contributed by atoms with Crippen molar-refractivity contribution in [3.63, 3.8) is 0 Å². The minimum absolute atomic E-state index is 0.0602. The van der Waals surface area contributed by atoms with E-state index in [1.807, 2.05) is 13.3 Å². The van der Waals surface area contributed by atoms with Crippen molar-refractivity contribution in [3.8, 4) is 0 Å². The molecule has 0 aliphatic heterocycles. The zero-order chi connectivity index (χ0) is 13.1. The summed E-state index contributed by atoms with van der Waals surface area (Å²) in [4.78, 5) is 24.1. The van der Waals surface area contributed by atoms with Crippen LogP contribution in [0.3, 0.4) is 0 Å². The quantitative estimate of drug-likeness (QED) is 0.495. The van der Waals surface area contributed by atoms with E-state index in [1.54, 1.807) is 0 Å². The van der Waals surface area contributed by atoms with Crippen LogP contribution in [0.2, 0.25) is 0 Å². The Hall–Kier alpha value is -0.400. The number of hydrogen-bond acceptors (Lipinski definition) is 5. The van der Waals surface area contributed by atoms with Crippen molar-refractivity contribution in [2.75, 3.05) is 51.0 Å². The molecule has 0 spiro atoms. The van der Waals surface area contributed by atoms with Gasteiger partial charge in [-0.25, -0.2) is 0 Å². The molecule has 2 N–H and O–H groups in total. The van der Waals surface area contributed by atoms with Gasteiger partial charge in [-0.3, -0.25) is 9.59 Å². The SMILES string of the molecule is CSCC(=O)NCCN(C)CCNC(=O)CS. The number of carbonyl (C=O) groups is 2. The minimum atomic E-state index is -0.0602. The summed E-state index contributed by atoms with van der Waals surface area (Å²) in [6.07, 6.45) is 1.90. The van der Waals surface area contributed by atoms with Gasteiger partial charge >= 0.3 is 0 Å². The predicted octanol–water partition coefficient (Wildman–Crippen LogP) is -0.557. The zero-order valence-electron chi connectivity index (χ0n) is 10.4. The van der Waals surface area contributed by atoms with Crippen LogP contribution in [-0.4, -0.2) is 67.7 Å². The zero-order valence-corrected chi connectivity index (χ0v) is 12.1. The van der Waals surface area contributed by atoms with Crippen molar-refractivity contribution >= 4 is 36.2 Å². The highest BCUT2D eigenvalue weighted by atomic mass is 32.2. The molecule has 0 aliphatic rings. The van der Waals surface area contributed by atoms with Gasteiger partial charge in [0.2, 0.25) is 11.8 Å². The number of carbonyl (C=O) groups excluding carboxylic acids is 2. The number of hydrogen-bond donors (Lipinski definition) is 3. The summed E-state index contributed by atoms with van der Waals surface area (Å²) in [7, 11) is 1.95. The first-order chi connectivity index (χ1) is 8.10. The molecule has 0 aliphatic carbocycles. The van der Waals surface area contributed by atoms with Crippen LogP contribution < -0.4 is 10.6 Å². The normalized spacial score (nSPS) is 10.4. The van der Waals surface area contributed by atoms with Crippen LogP contribution in [-0.2, 0) is 9.59 Å². The van der Waals surface area contributed by atoms with Gasteiger partial charge in [0, 0.05) is 26.2 Å². The standard InChI is InChI=1S/C10H21N3O2S2/c1-13(5-3-11-9(14)7-16)6-4-12-10(15)8-17-2/h16H,3-8H2,1-2H3,(H,11,14)(H,12,15). The molecule has 0 aromatic carbocycles. The molecule has 0 aromatic rings. The van der Waals surface area contributed by atoms with Crippen LogP contribution in [0.4, 0.5) is 0 Å². The number of thiol groups is 1. The number of amides is 2. The van der Waals surface area contributed by atoms with E-state index in [2.05, 4.69) is 28.2 Å². The van der Waals surface area contributed by atoms with E-state index in [9.17, 15) is 9.59 Å². The summed E-state index contributed by atoms with van der Waals surface area (Å²) in [5.41, 5.74) is 0. The number of thioether (sulfide) groups is 1. The fourth-order valence-electron chi connectivity index (χ4n) is 1.12. The van der Waals surface area contributed by atoms with E-state index in [0.717, 1.165) is 13.1 Å². The molecule has 0 bridgehead atoms. The van der Waals surface area contributed by atoms with Gasteiger partial charge in [0.25, 0.3) is 0 Å². The second-order valence-electron chi connectivity index (χ2n) is 3.59. The van der Waals surface area contributed by atoms with E-state index in [1.165, 1.54) is 11.8 Å². The van der Waals surface area contributed by atoms with Gasteiger partial charge in [0.05, 0.1) is 11.5 Å². The number of nitrogens with one attached hydrogen (secondary N) is 2. The summed E-state index contributed by atoms with van der Waals surface area (Å²) in [5, 5.41) is 5.56. The Morgan fingerprint density at radius 2 is 1.71 bits per heavy atom. The molecule has 0 saturated carbocycles. The molecule has 7 heteroatoms. The predicted molar refractivity (Wildman–Crippen MR) is 75.8 cm³/mol. The first-order valence-corrected chi connectivity index (χ1v) is 7.44. The van der Waals surface area contributed by atoms with Crippen LogP contribution in [0.1, 0.15) is 0 Å². The van der Waals surface area contributed by atoms with E-state index in [-0.39, 0.29) is 17.6 Å². The topological polar surface area (TPSA) is 61.4 Å². The lowest BCUT2D eigenvalue weighted by atomic mass is 10.4. The molecule has 0 radical (unpaired) electrons. The molecule has 0 fully saturated rings. The van der Waals surface area contributed by atoms with Crippen molar-refractivity contribution < 1.29 is 9.59 Å². The molecular weight excluding hydrogens is 258 g/mol. The van der Waals surface area contributed by atoms with E-state index in [4.69, 9.17) is 0 Å². The third kappa shape index (κ3) is 10.5. The largest absolute Gasteiger partial charge is 0.354 e. The number of rotatable bonds is 9. The number of nitrogens with zero attached hydrogens (tertiary/aromatic N) is 1. The Balaban J connectivity index is 3.43. The van der Waals surface area contributed by atoms with Gasteiger partial charge in [-0.1, -0.05) is 0 Å². The summed E-state index contributed by atoms with van der Waals surface area (Å²) in [6.45, 7) is 2.78. The lowest BCUT2D eigenvalue weighted by molar-refractivity contribution is -0.119. The van der Waals surface area contributed by atoms with Gasteiger partial charge in [0.1, 0.15) is 0 Å². The van der Waals surface area contributed by atoms with Crippen LogP contribution >= 0.6 is 24.4 Å². The van der Waals surface area contributed by atoms with Crippen LogP contribution in [0.5, 0.6) is 0 Å².